The van der Waals surface area contributed by atoms with Crippen LogP contribution in [0.1, 0.15) is 25.2 Å². The lowest BCUT2D eigenvalue weighted by Gasteiger charge is -2.08. The molecule has 0 unspecified atom stereocenters. The zero-order valence-corrected chi connectivity index (χ0v) is 25.7. The lowest BCUT2D eigenvalue weighted by Crippen LogP contribution is -2.09. The first-order chi connectivity index (χ1) is 21.7. The van der Waals surface area contributed by atoms with E-state index in [1.807, 2.05) is 31.2 Å². The van der Waals surface area contributed by atoms with Crippen molar-refractivity contribution in [2.75, 3.05) is 11.5 Å². The van der Waals surface area contributed by atoms with E-state index in [1.165, 1.54) is 30.1 Å². The molecule has 4 heterocycles. The van der Waals surface area contributed by atoms with Crippen LogP contribution in [0.3, 0.4) is 0 Å². The van der Waals surface area contributed by atoms with Crippen molar-refractivity contribution in [2.24, 2.45) is 0 Å². The molecule has 6 rings (SSSR count). The number of hydrogen-bond acceptors (Lipinski definition) is 7. The summed E-state index contributed by atoms with van der Waals surface area (Å²) < 4.78 is 104. The number of nitrogens with zero attached hydrogens (tertiary/aromatic N) is 6. The number of rotatable bonds is 6. The molecule has 0 atom stereocenters. The van der Waals surface area contributed by atoms with Gasteiger partial charge in [-0.1, -0.05) is 38.1 Å². The Bertz CT molecular complexity index is 2120. The minimum Gasteiger partial charge on any atom is -0.251 e. The van der Waals surface area contributed by atoms with Gasteiger partial charge in [-0.05, 0) is 42.2 Å². The molecule has 0 saturated carbocycles. The molecule has 2 aromatic carbocycles. The average Bonchev–Trinajstić information content (AvgIpc) is 3.65. The van der Waals surface area contributed by atoms with Gasteiger partial charge in [0.05, 0.1) is 33.1 Å². The number of hydrogen-bond donors (Lipinski definition) is 0. The molecule has 8 nitrogen and oxygen atoms in total. The van der Waals surface area contributed by atoms with Crippen LogP contribution in [0.15, 0.2) is 95.2 Å². The number of fused-ring (bicyclic) bond motifs is 2. The number of sulfone groups is 1. The molecule has 0 aliphatic carbocycles. The third-order valence-corrected chi connectivity index (χ3v) is 9.32. The highest BCUT2D eigenvalue weighted by molar-refractivity contribution is 7.99. The molecule has 0 amide bonds. The van der Waals surface area contributed by atoms with Crippen LogP contribution in [0, 0.1) is 0 Å². The van der Waals surface area contributed by atoms with Crippen LogP contribution in [0.4, 0.5) is 26.3 Å². The van der Waals surface area contributed by atoms with Crippen LogP contribution < -0.4 is 0 Å². The van der Waals surface area contributed by atoms with Gasteiger partial charge in [-0.2, -0.15) is 36.5 Å². The summed E-state index contributed by atoms with van der Waals surface area (Å²) in [7, 11) is -3.50. The molecule has 0 aliphatic rings. The van der Waals surface area contributed by atoms with Gasteiger partial charge in [-0.3, -0.25) is 9.97 Å². The van der Waals surface area contributed by atoms with Gasteiger partial charge in [0.2, 0.25) is 0 Å². The molecule has 240 valence electrons. The van der Waals surface area contributed by atoms with Crippen molar-refractivity contribution in [1.82, 2.24) is 29.5 Å². The second-order valence-corrected chi connectivity index (χ2v) is 13.2. The predicted octanol–water partition coefficient (Wildman–Crippen LogP) is 7.78. The Labute approximate surface area is 263 Å². The Hall–Kier alpha value is -4.44. The Balaban J connectivity index is 0.000000182. The maximum absolute atomic E-state index is 12.7. The van der Waals surface area contributed by atoms with E-state index < -0.39 is 33.6 Å². The molecule has 6 aromatic rings. The van der Waals surface area contributed by atoms with Gasteiger partial charge in [0, 0.05) is 40.5 Å². The summed E-state index contributed by atoms with van der Waals surface area (Å²) in [6.07, 6.45) is -3.62. The standard InChI is InChI=1S/C15H12F3N3O2S.C15H12F3N3S/c1-2-24(22,23)13-6-4-3-5-12(13)21-9-10-8-19-14(15(16,17)18)7-11(10)20-21;1-2-22-13-6-4-3-5-12(13)21-9-10-8-19-14(15(16,17)18)7-11(10)20-21/h3-9H,2H2,1H3;3-9H,2H2,1H3. The van der Waals surface area contributed by atoms with Gasteiger partial charge in [-0.15, -0.1) is 11.8 Å². The van der Waals surface area contributed by atoms with E-state index in [0.717, 1.165) is 34.7 Å². The SMILES string of the molecule is CCS(=O)(=O)c1ccccc1-n1cc2cnc(C(F)(F)F)cc2n1.CCSc1ccccc1-n1cc2cnc(C(F)(F)F)cc2n1. The van der Waals surface area contributed by atoms with E-state index in [4.69, 9.17) is 0 Å². The molecular weight excluding hydrogens is 654 g/mol. The summed E-state index contributed by atoms with van der Waals surface area (Å²) in [6.45, 7) is 3.56. The van der Waals surface area contributed by atoms with Crippen LogP contribution in [0.5, 0.6) is 0 Å². The Morgan fingerprint density at radius 3 is 1.70 bits per heavy atom. The fourth-order valence-electron chi connectivity index (χ4n) is 4.38. The minimum absolute atomic E-state index is 0.0734. The van der Waals surface area contributed by atoms with E-state index in [9.17, 15) is 34.8 Å². The smallest absolute Gasteiger partial charge is 0.251 e. The first kappa shape index (κ1) is 32.9. The molecule has 4 aromatic heterocycles. The van der Waals surface area contributed by atoms with Gasteiger partial charge in [0.1, 0.15) is 11.4 Å². The second kappa shape index (κ2) is 12.7. The second-order valence-electron chi connectivity index (χ2n) is 9.67. The van der Waals surface area contributed by atoms with Crippen molar-refractivity contribution in [3.8, 4) is 11.4 Å². The number of alkyl halides is 6. The third kappa shape index (κ3) is 7.02. The monoisotopic (exact) mass is 678 g/mol. The van der Waals surface area contributed by atoms with Gasteiger partial charge in [0.15, 0.2) is 9.84 Å². The molecule has 46 heavy (non-hydrogen) atoms. The average molecular weight is 679 g/mol. The Morgan fingerprint density at radius 2 is 1.20 bits per heavy atom. The van der Waals surface area contributed by atoms with Crippen molar-refractivity contribution in [3.05, 3.63) is 96.8 Å². The van der Waals surface area contributed by atoms with Gasteiger partial charge < -0.3 is 0 Å². The van der Waals surface area contributed by atoms with Crippen LogP contribution >= 0.6 is 11.8 Å². The summed E-state index contributed by atoms with van der Waals surface area (Å²) in [5.74, 6) is 0.808. The highest BCUT2D eigenvalue weighted by atomic mass is 32.2. The van der Waals surface area contributed by atoms with E-state index in [2.05, 4.69) is 20.2 Å². The zero-order valence-electron chi connectivity index (χ0n) is 24.1. The van der Waals surface area contributed by atoms with E-state index in [-0.39, 0.29) is 27.4 Å². The summed E-state index contributed by atoms with van der Waals surface area (Å²) in [5, 5.41) is 9.30. The van der Waals surface area contributed by atoms with Gasteiger partial charge in [0.25, 0.3) is 0 Å². The Kier molecular flexibility index (Phi) is 9.13. The van der Waals surface area contributed by atoms with Crippen molar-refractivity contribution in [1.29, 1.82) is 0 Å². The van der Waals surface area contributed by atoms with Crippen LogP contribution in [0.2, 0.25) is 0 Å². The molecule has 0 radical (unpaired) electrons. The molecule has 16 heteroatoms. The topological polar surface area (TPSA) is 95.6 Å². The van der Waals surface area contributed by atoms with Crippen LogP contribution in [-0.2, 0) is 22.2 Å². The largest absolute Gasteiger partial charge is 0.433 e. The molecule has 0 spiro atoms. The van der Waals surface area contributed by atoms with E-state index in [0.29, 0.717) is 10.8 Å². The Morgan fingerprint density at radius 1 is 0.717 bits per heavy atom. The molecule has 0 fully saturated rings. The lowest BCUT2D eigenvalue weighted by molar-refractivity contribution is -0.141. The summed E-state index contributed by atoms with van der Waals surface area (Å²) in [5.41, 5.74) is -0.487. The first-order valence-electron chi connectivity index (χ1n) is 13.6. The first-order valence-corrected chi connectivity index (χ1v) is 16.2. The fourth-order valence-corrected chi connectivity index (χ4v) is 6.25. The van der Waals surface area contributed by atoms with Crippen molar-refractivity contribution in [3.63, 3.8) is 0 Å². The highest BCUT2D eigenvalue weighted by Gasteiger charge is 2.33. The molecule has 0 bridgehead atoms. The molecule has 0 N–H and O–H groups in total. The third-order valence-electron chi connectivity index (χ3n) is 6.60. The van der Waals surface area contributed by atoms with Crippen molar-refractivity contribution < 1.29 is 34.8 Å². The van der Waals surface area contributed by atoms with Crippen molar-refractivity contribution >= 4 is 43.4 Å². The minimum atomic E-state index is -4.57. The number of para-hydroxylation sites is 2. The predicted molar refractivity (Wildman–Crippen MR) is 162 cm³/mol. The van der Waals surface area contributed by atoms with Crippen molar-refractivity contribution in [2.45, 2.75) is 36.0 Å². The number of pyridine rings is 2. The fraction of sp³-hybridized carbons (Fsp3) is 0.200. The molecule has 0 saturated heterocycles. The number of aromatic nitrogens is 6. The van der Waals surface area contributed by atoms with Crippen LogP contribution in [0.25, 0.3) is 33.2 Å². The molecule has 0 aliphatic heterocycles. The van der Waals surface area contributed by atoms with Gasteiger partial charge >= 0.3 is 12.4 Å². The van der Waals surface area contributed by atoms with Gasteiger partial charge in [-0.25, -0.2) is 17.8 Å². The quantitative estimate of drug-likeness (QED) is 0.131. The highest BCUT2D eigenvalue weighted by Crippen LogP contribution is 2.32. The molecular formula is C30H24F6N6O2S2. The number of halogens is 6. The maximum atomic E-state index is 12.7. The van der Waals surface area contributed by atoms with E-state index >= 15 is 0 Å². The number of thioether (sulfide) groups is 1. The summed E-state index contributed by atoms with van der Waals surface area (Å²) in [6, 6.07) is 15.7. The maximum Gasteiger partial charge on any atom is 0.433 e. The number of benzene rings is 2. The summed E-state index contributed by atoms with van der Waals surface area (Å²) in [4.78, 5) is 7.94. The lowest BCUT2D eigenvalue weighted by atomic mass is 10.3. The normalized spacial score (nSPS) is 12.3. The van der Waals surface area contributed by atoms with E-state index in [1.54, 1.807) is 40.8 Å². The summed E-state index contributed by atoms with van der Waals surface area (Å²) >= 11 is 1.66. The zero-order chi connectivity index (χ0) is 33.3. The van der Waals surface area contributed by atoms with Crippen LogP contribution in [-0.4, -0.2) is 49.5 Å².